The van der Waals surface area contributed by atoms with Crippen LogP contribution in [0.3, 0.4) is 0 Å². The largest absolute Gasteiger partial charge is 0.280 e. The maximum atomic E-state index is 10.4. The average Bonchev–Trinajstić information content (AvgIpc) is 1.85. The Hall–Kier alpha value is -1.47. The third kappa shape index (κ3) is 4.68. The van der Waals surface area contributed by atoms with Gasteiger partial charge in [-0.2, -0.15) is 0 Å². The van der Waals surface area contributed by atoms with Crippen molar-refractivity contribution < 1.29 is 9.59 Å². The highest BCUT2D eigenvalue weighted by Gasteiger charge is 1.86. The van der Waals surface area contributed by atoms with Crippen LogP contribution in [0.25, 0.3) is 0 Å². The van der Waals surface area contributed by atoms with Gasteiger partial charge in [-0.1, -0.05) is 18.2 Å². The molecule has 1 amide bonds. The molecule has 0 aromatic rings. The van der Waals surface area contributed by atoms with Crippen molar-refractivity contribution in [2.24, 2.45) is 4.99 Å². The van der Waals surface area contributed by atoms with E-state index in [0.29, 0.717) is 0 Å². The fourth-order valence-corrected chi connectivity index (χ4v) is 0.296. The molecule has 3 heteroatoms. The molecule has 0 aliphatic carbocycles. The summed E-state index contributed by atoms with van der Waals surface area (Å²) in [6.07, 6.45) is 3.77. The number of allylic oxidation sites excluding steroid dienone is 2. The summed E-state index contributed by atoms with van der Waals surface area (Å²) in [5, 5.41) is 0. The quantitative estimate of drug-likeness (QED) is 0.246. The van der Waals surface area contributed by atoms with Crippen molar-refractivity contribution in [3.05, 3.63) is 24.3 Å². The Morgan fingerprint density at radius 1 is 1.60 bits per heavy atom. The molecular formula is C7H7NO2. The molecule has 0 fully saturated rings. The molecule has 0 aromatic carbocycles. The van der Waals surface area contributed by atoms with Gasteiger partial charge < -0.3 is 0 Å². The summed E-state index contributed by atoms with van der Waals surface area (Å²) < 4.78 is 0. The summed E-state index contributed by atoms with van der Waals surface area (Å²) >= 11 is 0. The van der Waals surface area contributed by atoms with E-state index < -0.39 is 5.91 Å². The number of rotatable bonds is 2. The lowest BCUT2D eigenvalue weighted by Crippen LogP contribution is -1.83. The Morgan fingerprint density at radius 2 is 2.20 bits per heavy atom. The summed E-state index contributed by atoms with van der Waals surface area (Å²) in [5.41, 5.74) is 0.731. The van der Waals surface area contributed by atoms with Crippen molar-refractivity contribution in [1.82, 2.24) is 0 Å². The van der Waals surface area contributed by atoms with Crippen LogP contribution in [0.5, 0.6) is 0 Å². The van der Waals surface area contributed by atoms with E-state index in [1.165, 1.54) is 6.08 Å². The molecule has 0 rings (SSSR count). The lowest BCUT2D eigenvalue weighted by Gasteiger charge is -1.80. The van der Waals surface area contributed by atoms with Gasteiger partial charge in [0.1, 0.15) is 0 Å². The van der Waals surface area contributed by atoms with E-state index in [1.807, 2.05) is 0 Å². The second kappa shape index (κ2) is 4.41. The van der Waals surface area contributed by atoms with Crippen LogP contribution in [0.2, 0.25) is 0 Å². The zero-order chi connectivity index (χ0) is 7.98. The smallest absolute Gasteiger partial charge is 0.267 e. The summed E-state index contributed by atoms with van der Waals surface area (Å²) in [6.45, 7) is 5.24. The minimum absolute atomic E-state index is 0.613. The monoisotopic (exact) mass is 137 g/mol. The molecular weight excluding hydrogens is 130 g/mol. The molecule has 0 N–H and O–H groups in total. The molecule has 0 aliphatic rings. The fraction of sp³-hybridized carbons (Fsp3) is 0.143. The maximum absolute atomic E-state index is 10.4. The predicted molar refractivity (Wildman–Crippen MR) is 37.1 cm³/mol. The standard InChI is InChI=1S/C7H7NO2/c1-6(2)3-4-7(10)8-5-9/h3-4H,1H2,2H3. The van der Waals surface area contributed by atoms with Gasteiger partial charge in [0.15, 0.2) is 0 Å². The van der Waals surface area contributed by atoms with Gasteiger partial charge in [0.25, 0.3) is 5.91 Å². The molecule has 0 aliphatic heterocycles. The van der Waals surface area contributed by atoms with Gasteiger partial charge in [0.05, 0.1) is 0 Å². The zero-order valence-electron chi connectivity index (χ0n) is 5.63. The highest BCUT2D eigenvalue weighted by Crippen LogP contribution is 1.88. The molecule has 10 heavy (non-hydrogen) atoms. The average molecular weight is 137 g/mol. The third-order valence-electron chi connectivity index (χ3n) is 0.666. The topological polar surface area (TPSA) is 46.5 Å². The van der Waals surface area contributed by atoms with Crippen LogP contribution >= 0.6 is 0 Å². The molecule has 52 valence electrons. The first kappa shape index (κ1) is 8.53. The molecule has 0 atom stereocenters. The van der Waals surface area contributed by atoms with Crippen LogP contribution in [-0.2, 0) is 9.59 Å². The van der Waals surface area contributed by atoms with Gasteiger partial charge in [-0.3, -0.25) is 4.79 Å². The number of carbonyl (C=O) groups is 1. The fourth-order valence-electron chi connectivity index (χ4n) is 0.296. The third-order valence-corrected chi connectivity index (χ3v) is 0.666. The van der Waals surface area contributed by atoms with Crippen molar-refractivity contribution in [2.75, 3.05) is 0 Å². The summed E-state index contributed by atoms with van der Waals surface area (Å²) in [5.74, 6) is -0.613. The predicted octanol–water partition coefficient (Wildman–Crippen LogP) is 0.981. The zero-order valence-corrected chi connectivity index (χ0v) is 5.63. The van der Waals surface area contributed by atoms with Crippen molar-refractivity contribution in [2.45, 2.75) is 6.92 Å². The number of carbonyl (C=O) groups excluding carboxylic acids is 2. The van der Waals surface area contributed by atoms with Gasteiger partial charge in [0, 0.05) is 6.08 Å². The second-order valence-corrected chi connectivity index (χ2v) is 1.72. The highest BCUT2D eigenvalue weighted by atomic mass is 16.2. The van der Waals surface area contributed by atoms with Crippen LogP contribution < -0.4 is 0 Å². The Kier molecular flexibility index (Phi) is 3.76. The summed E-state index contributed by atoms with van der Waals surface area (Å²) in [4.78, 5) is 22.7. The van der Waals surface area contributed by atoms with Gasteiger partial charge in [0.2, 0.25) is 6.08 Å². The molecule has 0 heterocycles. The van der Waals surface area contributed by atoms with E-state index in [9.17, 15) is 9.59 Å². The number of hydrogen-bond acceptors (Lipinski definition) is 2. The molecule has 0 radical (unpaired) electrons. The first-order valence-corrected chi connectivity index (χ1v) is 2.62. The van der Waals surface area contributed by atoms with Crippen LogP contribution in [0.15, 0.2) is 29.3 Å². The molecule has 0 unspecified atom stereocenters. The molecule has 0 saturated carbocycles. The second-order valence-electron chi connectivity index (χ2n) is 1.72. The lowest BCUT2D eigenvalue weighted by molar-refractivity contribution is -0.113. The van der Waals surface area contributed by atoms with Gasteiger partial charge in [-0.15, -0.1) is 4.99 Å². The normalized spacial score (nSPS) is 8.90. The minimum Gasteiger partial charge on any atom is -0.267 e. The Morgan fingerprint density at radius 3 is 2.60 bits per heavy atom. The highest BCUT2D eigenvalue weighted by molar-refractivity contribution is 5.91. The molecule has 0 aromatic heterocycles. The van der Waals surface area contributed by atoms with Crippen molar-refractivity contribution in [3.8, 4) is 0 Å². The molecule has 0 saturated heterocycles. The first-order valence-electron chi connectivity index (χ1n) is 2.62. The van der Waals surface area contributed by atoms with E-state index in [2.05, 4.69) is 11.6 Å². The Labute approximate surface area is 58.8 Å². The van der Waals surface area contributed by atoms with Crippen LogP contribution in [-0.4, -0.2) is 12.0 Å². The van der Waals surface area contributed by atoms with Crippen molar-refractivity contribution >= 4 is 12.0 Å². The minimum atomic E-state index is -0.613. The molecule has 0 spiro atoms. The maximum Gasteiger partial charge on any atom is 0.280 e. The lowest BCUT2D eigenvalue weighted by atomic mass is 10.3. The SMILES string of the molecule is C=C(C)C=CC(=O)N=C=O. The van der Waals surface area contributed by atoms with Gasteiger partial charge >= 0.3 is 0 Å². The van der Waals surface area contributed by atoms with Crippen LogP contribution in [0.1, 0.15) is 6.92 Å². The van der Waals surface area contributed by atoms with Crippen LogP contribution in [0, 0.1) is 0 Å². The first-order chi connectivity index (χ1) is 4.66. The van der Waals surface area contributed by atoms with E-state index >= 15 is 0 Å². The van der Waals surface area contributed by atoms with Crippen molar-refractivity contribution in [3.63, 3.8) is 0 Å². The number of hydrogen-bond donors (Lipinski definition) is 0. The van der Waals surface area contributed by atoms with Crippen molar-refractivity contribution in [1.29, 1.82) is 0 Å². The van der Waals surface area contributed by atoms with E-state index in [4.69, 9.17) is 0 Å². The Balaban J connectivity index is 4.02. The number of aliphatic imine (C=N–C) groups is 1. The summed E-state index contributed by atoms with van der Waals surface area (Å²) in [7, 11) is 0. The number of isocyanates is 1. The molecule has 3 nitrogen and oxygen atoms in total. The van der Waals surface area contributed by atoms with Gasteiger partial charge in [-0.05, 0) is 6.92 Å². The Bertz CT molecular complexity index is 222. The summed E-state index contributed by atoms with van der Waals surface area (Å²) in [6, 6.07) is 0. The number of nitrogens with zero attached hydrogens (tertiary/aromatic N) is 1. The number of amides is 1. The van der Waals surface area contributed by atoms with Gasteiger partial charge in [-0.25, -0.2) is 4.79 Å². The van der Waals surface area contributed by atoms with E-state index in [1.54, 1.807) is 6.92 Å². The van der Waals surface area contributed by atoms with E-state index in [-0.39, 0.29) is 0 Å². The molecule has 0 bridgehead atoms. The van der Waals surface area contributed by atoms with Crippen LogP contribution in [0.4, 0.5) is 0 Å². The van der Waals surface area contributed by atoms with E-state index in [0.717, 1.165) is 17.7 Å².